The summed E-state index contributed by atoms with van der Waals surface area (Å²) in [7, 11) is 1.52. The first-order chi connectivity index (χ1) is 15.6. The molecule has 6 heteroatoms. The van der Waals surface area contributed by atoms with E-state index in [0.29, 0.717) is 22.4 Å². The molecule has 0 fully saturated rings. The number of para-hydroxylation sites is 1. The standard InChI is InChI=1S/C26H23N3O3/c1-32-23-14-6-5-13-22(23)25(30)29-24(19-9-3-2-4-10-19)26(31,20-11-7-15-27-17-20)21-12-8-16-28-18-21/h2-18,24,31H,1H3,(H,29,30)/t24-/m1/s1. The van der Waals surface area contributed by atoms with Crippen molar-refractivity contribution in [1.82, 2.24) is 15.3 Å². The van der Waals surface area contributed by atoms with Crippen LogP contribution in [0.1, 0.15) is 33.1 Å². The van der Waals surface area contributed by atoms with Crippen molar-refractivity contribution in [2.75, 3.05) is 7.11 Å². The van der Waals surface area contributed by atoms with Crippen LogP contribution in [0.4, 0.5) is 0 Å². The second-order valence-electron chi connectivity index (χ2n) is 7.27. The Kier molecular flexibility index (Phi) is 6.24. The van der Waals surface area contributed by atoms with Crippen molar-refractivity contribution >= 4 is 5.91 Å². The van der Waals surface area contributed by atoms with Crippen molar-refractivity contribution in [3.63, 3.8) is 0 Å². The van der Waals surface area contributed by atoms with Gasteiger partial charge in [-0.25, -0.2) is 0 Å². The van der Waals surface area contributed by atoms with Gasteiger partial charge in [-0.2, -0.15) is 0 Å². The Hall–Kier alpha value is -4.03. The summed E-state index contributed by atoms with van der Waals surface area (Å²) in [6.07, 6.45) is 6.46. The average molecular weight is 425 g/mol. The number of benzene rings is 2. The number of aromatic nitrogens is 2. The molecular formula is C26H23N3O3. The summed E-state index contributed by atoms with van der Waals surface area (Å²) >= 11 is 0. The van der Waals surface area contributed by atoms with Crippen LogP contribution >= 0.6 is 0 Å². The van der Waals surface area contributed by atoms with Gasteiger partial charge in [0.2, 0.25) is 0 Å². The lowest BCUT2D eigenvalue weighted by molar-refractivity contribution is 0.0331. The Balaban J connectivity index is 1.87. The Morgan fingerprint density at radius 1 is 0.875 bits per heavy atom. The van der Waals surface area contributed by atoms with Crippen molar-refractivity contribution < 1.29 is 14.6 Å². The summed E-state index contributed by atoms with van der Waals surface area (Å²) in [5.41, 5.74) is 0.521. The largest absolute Gasteiger partial charge is 0.496 e. The van der Waals surface area contributed by atoms with Crippen molar-refractivity contribution in [2.24, 2.45) is 0 Å². The van der Waals surface area contributed by atoms with E-state index in [2.05, 4.69) is 15.3 Å². The number of methoxy groups -OCH3 is 1. The number of pyridine rings is 2. The van der Waals surface area contributed by atoms with Crippen LogP contribution in [0.3, 0.4) is 0 Å². The molecule has 1 amide bonds. The highest BCUT2D eigenvalue weighted by Crippen LogP contribution is 2.41. The number of nitrogens with zero attached hydrogens (tertiary/aromatic N) is 2. The molecule has 2 heterocycles. The smallest absolute Gasteiger partial charge is 0.255 e. The van der Waals surface area contributed by atoms with Gasteiger partial charge in [0.1, 0.15) is 11.4 Å². The third-order valence-corrected chi connectivity index (χ3v) is 5.38. The monoisotopic (exact) mass is 425 g/mol. The summed E-state index contributed by atoms with van der Waals surface area (Å²) in [6, 6.07) is 22.5. The molecule has 4 aromatic rings. The molecule has 160 valence electrons. The number of ether oxygens (including phenoxy) is 1. The molecule has 4 rings (SSSR count). The maximum Gasteiger partial charge on any atom is 0.255 e. The lowest BCUT2D eigenvalue weighted by Crippen LogP contribution is -2.45. The molecule has 0 unspecified atom stereocenters. The molecule has 0 aliphatic heterocycles. The van der Waals surface area contributed by atoms with Crippen molar-refractivity contribution in [3.05, 3.63) is 126 Å². The highest BCUT2D eigenvalue weighted by atomic mass is 16.5. The van der Waals surface area contributed by atoms with E-state index in [1.165, 1.54) is 7.11 Å². The van der Waals surface area contributed by atoms with Gasteiger partial charge in [0.25, 0.3) is 5.91 Å². The quantitative estimate of drug-likeness (QED) is 0.469. The minimum absolute atomic E-state index is 0.371. The lowest BCUT2D eigenvalue weighted by atomic mass is 9.78. The summed E-state index contributed by atoms with van der Waals surface area (Å²) in [5.74, 6) is 0.0746. The Morgan fingerprint density at radius 3 is 2.03 bits per heavy atom. The third kappa shape index (κ3) is 4.08. The van der Waals surface area contributed by atoms with E-state index in [9.17, 15) is 9.90 Å². The topological polar surface area (TPSA) is 84.3 Å². The summed E-state index contributed by atoms with van der Waals surface area (Å²) in [6.45, 7) is 0. The van der Waals surface area contributed by atoms with Crippen LogP contribution < -0.4 is 10.1 Å². The van der Waals surface area contributed by atoms with Gasteiger partial charge in [0.15, 0.2) is 0 Å². The molecule has 2 aromatic heterocycles. The van der Waals surface area contributed by atoms with Crippen LogP contribution in [-0.4, -0.2) is 28.1 Å². The van der Waals surface area contributed by atoms with Gasteiger partial charge >= 0.3 is 0 Å². The molecule has 0 saturated heterocycles. The number of nitrogens with one attached hydrogen (secondary N) is 1. The second kappa shape index (κ2) is 9.41. The molecule has 0 bridgehead atoms. The van der Waals surface area contributed by atoms with Crippen LogP contribution in [0.2, 0.25) is 0 Å². The van der Waals surface area contributed by atoms with Crippen molar-refractivity contribution in [1.29, 1.82) is 0 Å². The fraction of sp³-hybridized carbons (Fsp3) is 0.115. The molecule has 1 atom stereocenters. The molecule has 32 heavy (non-hydrogen) atoms. The molecule has 0 saturated carbocycles. The lowest BCUT2D eigenvalue weighted by Gasteiger charge is -2.37. The summed E-state index contributed by atoms with van der Waals surface area (Å²) < 4.78 is 5.37. The first-order valence-corrected chi connectivity index (χ1v) is 10.2. The zero-order valence-electron chi connectivity index (χ0n) is 17.6. The molecule has 0 aliphatic rings. The maximum absolute atomic E-state index is 13.4. The van der Waals surface area contributed by atoms with Crippen LogP contribution in [0, 0.1) is 0 Å². The van der Waals surface area contributed by atoms with Crippen LogP contribution in [0.15, 0.2) is 104 Å². The first-order valence-electron chi connectivity index (χ1n) is 10.2. The summed E-state index contributed by atoms with van der Waals surface area (Å²) in [5, 5.41) is 15.3. The molecule has 0 aliphatic carbocycles. The van der Waals surface area contributed by atoms with Gasteiger partial charge in [-0.15, -0.1) is 0 Å². The minimum atomic E-state index is -1.64. The van der Waals surface area contributed by atoms with Gasteiger partial charge < -0.3 is 15.2 Å². The van der Waals surface area contributed by atoms with E-state index < -0.39 is 11.6 Å². The maximum atomic E-state index is 13.4. The first kappa shape index (κ1) is 21.2. The SMILES string of the molecule is COc1ccccc1C(=O)N[C@H](c1ccccc1)C(O)(c1cccnc1)c1cccnc1. The number of amides is 1. The molecule has 0 spiro atoms. The van der Waals surface area contributed by atoms with E-state index in [4.69, 9.17) is 4.74 Å². The van der Waals surface area contributed by atoms with Crippen LogP contribution in [0.5, 0.6) is 5.75 Å². The van der Waals surface area contributed by atoms with E-state index >= 15 is 0 Å². The fourth-order valence-corrected chi connectivity index (χ4v) is 3.79. The Bertz CT molecular complexity index is 1130. The zero-order valence-corrected chi connectivity index (χ0v) is 17.6. The van der Waals surface area contributed by atoms with Crippen LogP contribution in [0.25, 0.3) is 0 Å². The van der Waals surface area contributed by atoms with Crippen molar-refractivity contribution in [2.45, 2.75) is 11.6 Å². The zero-order chi connectivity index (χ0) is 22.4. The highest BCUT2D eigenvalue weighted by Gasteiger charge is 2.43. The number of carbonyl (C=O) groups is 1. The van der Waals surface area contributed by atoms with Crippen molar-refractivity contribution in [3.8, 4) is 5.75 Å². The van der Waals surface area contributed by atoms with Crippen LogP contribution in [-0.2, 0) is 5.60 Å². The predicted molar refractivity (Wildman–Crippen MR) is 121 cm³/mol. The van der Waals surface area contributed by atoms with E-state index in [0.717, 1.165) is 5.56 Å². The molecule has 2 N–H and O–H groups in total. The normalized spacial score (nSPS) is 12.1. The highest BCUT2D eigenvalue weighted by molar-refractivity contribution is 5.97. The number of hydrogen-bond donors (Lipinski definition) is 2. The summed E-state index contributed by atoms with van der Waals surface area (Å²) in [4.78, 5) is 21.8. The van der Waals surface area contributed by atoms with E-state index in [-0.39, 0.29) is 5.91 Å². The number of aliphatic hydroxyl groups is 1. The average Bonchev–Trinajstić information content (AvgIpc) is 2.88. The third-order valence-electron chi connectivity index (χ3n) is 5.38. The second-order valence-corrected chi connectivity index (χ2v) is 7.27. The minimum Gasteiger partial charge on any atom is -0.496 e. The van der Waals surface area contributed by atoms with Gasteiger partial charge in [-0.1, -0.05) is 54.6 Å². The van der Waals surface area contributed by atoms with E-state index in [1.807, 2.05) is 30.3 Å². The molecule has 2 aromatic carbocycles. The van der Waals surface area contributed by atoms with E-state index in [1.54, 1.807) is 73.3 Å². The number of rotatable bonds is 7. The van der Waals surface area contributed by atoms with Gasteiger partial charge in [-0.3, -0.25) is 14.8 Å². The molecule has 6 nitrogen and oxygen atoms in total. The Morgan fingerprint density at radius 2 is 1.47 bits per heavy atom. The number of carbonyl (C=O) groups excluding carboxylic acids is 1. The Labute approximate surface area is 186 Å². The van der Waals surface area contributed by atoms with Gasteiger partial charge in [0, 0.05) is 35.9 Å². The molecular weight excluding hydrogens is 402 g/mol. The molecule has 0 radical (unpaired) electrons. The fourth-order valence-electron chi connectivity index (χ4n) is 3.79. The van der Waals surface area contributed by atoms with Gasteiger partial charge in [0.05, 0.1) is 18.7 Å². The van der Waals surface area contributed by atoms with Gasteiger partial charge in [-0.05, 0) is 29.8 Å². The number of hydrogen-bond acceptors (Lipinski definition) is 5. The predicted octanol–water partition coefficient (Wildman–Crippen LogP) is 3.89.